The van der Waals surface area contributed by atoms with Crippen molar-refractivity contribution in [1.29, 1.82) is 0 Å². The fraction of sp³-hybridized carbons (Fsp3) is 1.00. The summed E-state index contributed by atoms with van der Waals surface area (Å²) in [5, 5.41) is 3.14. The van der Waals surface area contributed by atoms with E-state index in [4.69, 9.17) is 4.74 Å². The lowest BCUT2D eigenvalue weighted by molar-refractivity contribution is -0.145. The van der Waals surface area contributed by atoms with Crippen LogP contribution in [0.2, 0.25) is 0 Å². The lowest BCUT2D eigenvalue weighted by Crippen LogP contribution is -2.23. The topological polar surface area (TPSA) is 21.3 Å². The second-order valence-electron chi connectivity index (χ2n) is 3.63. The maximum absolute atomic E-state index is 11.6. The van der Waals surface area contributed by atoms with Crippen LogP contribution in [0.3, 0.4) is 0 Å². The molecule has 0 radical (unpaired) electrons. The van der Waals surface area contributed by atoms with Crippen LogP contribution in [0.15, 0.2) is 0 Å². The SMILES string of the molecule is FC(F)(F)CCOCCNCC1CC1. The molecule has 5 heteroatoms. The minimum absolute atomic E-state index is 0.228. The van der Waals surface area contributed by atoms with Crippen molar-refractivity contribution in [2.24, 2.45) is 5.92 Å². The molecule has 1 fully saturated rings. The average Bonchev–Trinajstić information content (AvgIpc) is 2.84. The molecule has 0 aliphatic heterocycles. The van der Waals surface area contributed by atoms with Gasteiger partial charge in [0.05, 0.1) is 19.6 Å². The molecule has 14 heavy (non-hydrogen) atoms. The molecule has 2 nitrogen and oxygen atoms in total. The molecule has 0 spiro atoms. The van der Waals surface area contributed by atoms with Gasteiger partial charge in [0.1, 0.15) is 0 Å². The lowest BCUT2D eigenvalue weighted by Gasteiger charge is -2.07. The second-order valence-corrected chi connectivity index (χ2v) is 3.63. The molecule has 0 aromatic carbocycles. The van der Waals surface area contributed by atoms with E-state index in [9.17, 15) is 13.2 Å². The predicted molar refractivity (Wildman–Crippen MR) is 47.1 cm³/mol. The smallest absolute Gasteiger partial charge is 0.380 e. The molecule has 0 aromatic rings. The number of hydrogen-bond acceptors (Lipinski definition) is 2. The number of rotatable bonds is 7. The molecule has 0 heterocycles. The summed E-state index contributed by atoms with van der Waals surface area (Å²) in [6.07, 6.45) is -2.39. The van der Waals surface area contributed by atoms with Gasteiger partial charge in [-0.2, -0.15) is 13.2 Å². The van der Waals surface area contributed by atoms with E-state index in [2.05, 4.69) is 5.32 Å². The number of ether oxygens (including phenoxy) is 1. The van der Waals surface area contributed by atoms with Crippen molar-refractivity contribution >= 4 is 0 Å². The Kier molecular flexibility index (Phi) is 4.68. The first kappa shape index (κ1) is 11.8. The molecule has 1 N–H and O–H groups in total. The van der Waals surface area contributed by atoms with Crippen LogP contribution in [0.5, 0.6) is 0 Å². The Morgan fingerprint density at radius 2 is 1.93 bits per heavy atom. The van der Waals surface area contributed by atoms with Crippen LogP contribution in [-0.2, 0) is 4.74 Å². The summed E-state index contributed by atoms with van der Waals surface area (Å²) in [6.45, 7) is 1.76. The van der Waals surface area contributed by atoms with E-state index in [0.29, 0.717) is 13.2 Å². The molecular formula is C9H16F3NO. The Bertz CT molecular complexity index is 157. The van der Waals surface area contributed by atoms with Crippen molar-refractivity contribution < 1.29 is 17.9 Å². The van der Waals surface area contributed by atoms with Gasteiger partial charge < -0.3 is 10.1 Å². The van der Waals surface area contributed by atoms with E-state index in [1.165, 1.54) is 12.8 Å². The van der Waals surface area contributed by atoms with Crippen molar-refractivity contribution in [3.63, 3.8) is 0 Å². The highest BCUT2D eigenvalue weighted by molar-refractivity contribution is 4.74. The maximum atomic E-state index is 11.6. The first-order valence-corrected chi connectivity index (χ1v) is 4.93. The first-order chi connectivity index (χ1) is 6.58. The molecule has 0 aromatic heterocycles. The fourth-order valence-electron chi connectivity index (χ4n) is 1.06. The van der Waals surface area contributed by atoms with Crippen LogP contribution in [0, 0.1) is 5.92 Å². The minimum Gasteiger partial charge on any atom is -0.380 e. The summed E-state index contributed by atoms with van der Waals surface area (Å²) < 4.78 is 39.8. The Morgan fingerprint density at radius 1 is 1.21 bits per heavy atom. The van der Waals surface area contributed by atoms with Crippen LogP contribution >= 0.6 is 0 Å². The standard InChI is InChI=1S/C9H16F3NO/c10-9(11,12)3-5-14-6-4-13-7-8-1-2-8/h8,13H,1-7H2. The number of alkyl halides is 3. The molecule has 1 aliphatic rings. The van der Waals surface area contributed by atoms with Crippen molar-refractivity contribution in [3.8, 4) is 0 Å². The van der Waals surface area contributed by atoms with Gasteiger partial charge in [-0.05, 0) is 25.3 Å². The highest BCUT2D eigenvalue weighted by Crippen LogP contribution is 2.27. The quantitative estimate of drug-likeness (QED) is 0.650. The van der Waals surface area contributed by atoms with E-state index in [1.54, 1.807) is 0 Å². The molecule has 0 bridgehead atoms. The van der Waals surface area contributed by atoms with Crippen molar-refractivity contribution in [2.45, 2.75) is 25.4 Å². The summed E-state index contributed by atoms with van der Waals surface area (Å²) in [5.74, 6) is 0.796. The van der Waals surface area contributed by atoms with Crippen molar-refractivity contribution in [3.05, 3.63) is 0 Å². The zero-order valence-electron chi connectivity index (χ0n) is 8.07. The van der Waals surface area contributed by atoms with E-state index >= 15 is 0 Å². The van der Waals surface area contributed by atoms with Crippen LogP contribution in [-0.4, -0.2) is 32.5 Å². The molecule has 0 atom stereocenters. The summed E-state index contributed by atoms with van der Waals surface area (Å²) >= 11 is 0. The van der Waals surface area contributed by atoms with Gasteiger partial charge in [-0.1, -0.05) is 0 Å². The van der Waals surface area contributed by atoms with E-state index in [0.717, 1.165) is 12.5 Å². The van der Waals surface area contributed by atoms with E-state index in [1.807, 2.05) is 0 Å². The molecule has 1 aliphatic carbocycles. The highest BCUT2D eigenvalue weighted by atomic mass is 19.4. The molecule has 1 rings (SSSR count). The largest absolute Gasteiger partial charge is 0.391 e. The highest BCUT2D eigenvalue weighted by Gasteiger charge is 2.26. The third-order valence-corrected chi connectivity index (χ3v) is 2.08. The van der Waals surface area contributed by atoms with Crippen LogP contribution in [0.1, 0.15) is 19.3 Å². The zero-order chi connectivity index (χ0) is 10.4. The number of nitrogens with one attached hydrogen (secondary N) is 1. The lowest BCUT2D eigenvalue weighted by atomic mass is 10.4. The first-order valence-electron chi connectivity index (χ1n) is 4.93. The fourth-order valence-corrected chi connectivity index (χ4v) is 1.06. The summed E-state index contributed by atoms with van der Waals surface area (Å²) in [6, 6.07) is 0. The molecule has 84 valence electrons. The second kappa shape index (κ2) is 5.56. The maximum Gasteiger partial charge on any atom is 0.391 e. The Hall–Kier alpha value is -0.290. The minimum atomic E-state index is -4.10. The third kappa shape index (κ3) is 7.15. The van der Waals surface area contributed by atoms with Gasteiger partial charge in [-0.25, -0.2) is 0 Å². The van der Waals surface area contributed by atoms with Gasteiger partial charge in [-0.3, -0.25) is 0 Å². The Balaban J connectivity index is 1.75. The van der Waals surface area contributed by atoms with Crippen molar-refractivity contribution in [1.82, 2.24) is 5.32 Å². The Labute approximate surface area is 81.8 Å². The van der Waals surface area contributed by atoms with E-state index in [-0.39, 0.29) is 6.61 Å². The summed E-state index contributed by atoms with van der Waals surface area (Å²) in [7, 11) is 0. The van der Waals surface area contributed by atoms with Crippen LogP contribution < -0.4 is 5.32 Å². The van der Waals surface area contributed by atoms with Gasteiger partial charge in [-0.15, -0.1) is 0 Å². The van der Waals surface area contributed by atoms with Crippen LogP contribution in [0.4, 0.5) is 13.2 Å². The zero-order valence-corrected chi connectivity index (χ0v) is 8.07. The molecule has 0 saturated heterocycles. The Morgan fingerprint density at radius 3 is 2.50 bits per heavy atom. The molecule has 1 saturated carbocycles. The normalized spacial score (nSPS) is 17.4. The summed E-state index contributed by atoms with van der Waals surface area (Å²) in [4.78, 5) is 0. The number of halogens is 3. The summed E-state index contributed by atoms with van der Waals surface area (Å²) in [5.41, 5.74) is 0. The molecule has 0 amide bonds. The average molecular weight is 211 g/mol. The van der Waals surface area contributed by atoms with Crippen molar-refractivity contribution in [2.75, 3.05) is 26.3 Å². The van der Waals surface area contributed by atoms with Gasteiger partial charge in [0.2, 0.25) is 0 Å². The number of hydrogen-bond donors (Lipinski definition) is 1. The third-order valence-electron chi connectivity index (χ3n) is 2.08. The van der Waals surface area contributed by atoms with Crippen LogP contribution in [0.25, 0.3) is 0 Å². The molecule has 0 unspecified atom stereocenters. The monoisotopic (exact) mass is 211 g/mol. The van der Waals surface area contributed by atoms with Gasteiger partial charge in [0.15, 0.2) is 0 Å². The van der Waals surface area contributed by atoms with Gasteiger partial charge >= 0.3 is 6.18 Å². The van der Waals surface area contributed by atoms with Gasteiger partial charge in [0.25, 0.3) is 0 Å². The predicted octanol–water partition coefficient (Wildman–Crippen LogP) is 1.95. The molecular weight excluding hydrogens is 195 g/mol. The van der Waals surface area contributed by atoms with Gasteiger partial charge in [0, 0.05) is 6.54 Å². The van der Waals surface area contributed by atoms with E-state index < -0.39 is 12.6 Å².